The molecule has 152 valence electrons. The Balaban J connectivity index is 2.43. The van der Waals surface area contributed by atoms with Crippen LogP contribution < -0.4 is 10.6 Å². The molecule has 0 saturated carbocycles. The summed E-state index contributed by atoms with van der Waals surface area (Å²) in [5, 5.41) is 5.85. The first kappa shape index (κ1) is 21.6. The molecule has 0 atom stereocenters. The number of ether oxygens (including phenoxy) is 1. The van der Waals surface area contributed by atoms with Crippen LogP contribution in [0, 0.1) is 13.8 Å². The molecule has 1 aliphatic rings. The van der Waals surface area contributed by atoms with Crippen LogP contribution in [-0.4, -0.2) is 51.2 Å². The van der Waals surface area contributed by atoms with Crippen molar-refractivity contribution in [2.24, 2.45) is 0 Å². The van der Waals surface area contributed by atoms with Crippen LogP contribution in [0.5, 0.6) is 0 Å². The van der Waals surface area contributed by atoms with Gasteiger partial charge in [0.15, 0.2) is 0 Å². The molecule has 1 aliphatic heterocycles. The number of carbonyl (C=O) groups is 1. The minimum atomic E-state index is -4.93. The second-order valence-electron chi connectivity index (χ2n) is 7.75. The number of amides is 1. The Morgan fingerprint density at radius 1 is 1.26 bits per heavy atom. The Morgan fingerprint density at radius 2 is 1.85 bits per heavy atom. The molecular formula is C18H28FN3O4S. The van der Waals surface area contributed by atoms with Crippen molar-refractivity contribution in [3.63, 3.8) is 0 Å². The zero-order valence-electron chi connectivity index (χ0n) is 16.5. The SMILES string of the molecule is Cc1c(CN2CCNCC2)cc(S(=O)(=O)F)c(C)c1NC(=O)OC(C)(C)C. The van der Waals surface area contributed by atoms with Gasteiger partial charge in [0.1, 0.15) is 10.5 Å². The van der Waals surface area contributed by atoms with Gasteiger partial charge in [0.25, 0.3) is 0 Å². The largest absolute Gasteiger partial charge is 0.444 e. The summed E-state index contributed by atoms with van der Waals surface area (Å²) < 4.78 is 42.4. The summed E-state index contributed by atoms with van der Waals surface area (Å²) in [6, 6.07) is 1.36. The van der Waals surface area contributed by atoms with E-state index in [1.165, 1.54) is 13.0 Å². The van der Waals surface area contributed by atoms with E-state index >= 15 is 0 Å². The van der Waals surface area contributed by atoms with Gasteiger partial charge in [0.2, 0.25) is 0 Å². The van der Waals surface area contributed by atoms with E-state index in [2.05, 4.69) is 15.5 Å². The molecule has 1 fully saturated rings. The van der Waals surface area contributed by atoms with Gasteiger partial charge in [-0.05, 0) is 57.4 Å². The van der Waals surface area contributed by atoms with E-state index in [1.807, 2.05) is 0 Å². The van der Waals surface area contributed by atoms with E-state index in [1.54, 1.807) is 27.7 Å². The van der Waals surface area contributed by atoms with Gasteiger partial charge < -0.3 is 10.1 Å². The van der Waals surface area contributed by atoms with E-state index in [0.717, 1.165) is 26.2 Å². The zero-order valence-corrected chi connectivity index (χ0v) is 17.3. The molecule has 0 aromatic heterocycles. The van der Waals surface area contributed by atoms with Gasteiger partial charge in [-0.25, -0.2) is 4.79 Å². The second-order valence-corrected chi connectivity index (χ2v) is 9.07. The van der Waals surface area contributed by atoms with Gasteiger partial charge in [-0.3, -0.25) is 10.2 Å². The van der Waals surface area contributed by atoms with Crippen molar-refractivity contribution < 1.29 is 21.8 Å². The van der Waals surface area contributed by atoms with E-state index in [0.29, 0.717) is 17.7 Å². The third-order valence-electron chi connectivity index (χ3n) is 4.40. The van der Waals surface area contributed by atoms with Gasteiger partial charge in [-0.2, -0.15) is 8.42 Å². The van der Waals surface area contributed by atoms with Crippen LogP contribution in [0.25, 0.3) is 0 Å². The number of piperazine rings is 1. The van der Waals surface area contributed by atoms with Crippen LogP contribution in [0.15, 0.2) is 11.0 Å². The van der Waals surface area contributed by atoms with Crippen molar-refractivity contribution in [1.82, 2.24) is 10.2 Å². The summed E-state index contributed by atoms with van der Waals surface area (Å²) >= 11 is 0. The highest BCUT2D eigenvalue weighted by Gasteiger charge is 2.25. The third-order valence-corrected chi connectivity index (χ3v) is 5.35. The molecule has 1 amide bonds. The Labute approximate surface area is 160 Å². The number of rotatable bonds is 4. The lowest BCUT2D eigenvalue weighted by Crippen LogP contribution is -2.43. The second kappa shape index (κ2) is 8.12. The number of benzene rings is 1. The number of nitrogens with zero attached hydrogens (tertiary/aromatic N) is 1. The Kier molecular flexibility index (Phi) is 6.49. The fourth-order valence-corrected chi connectivity index (χ4v) is 3.81. The number of halogens is 1. The molecule has 0 spiro atoms. The van der Waals surface area contributed by atoms with Gasteiger partial charge >= 0.3 is 16.3 Å². The number of carbonyl (C=O) groups excluding carboxylic acids is 1. The highest BCUT2D eigenvalue weighted by molar-refractivity contribution is 7.86. The fourth-order valence-electron chi connectivity index (χ4n) is 3.06. The lowest BCUT2D eigenvalue weighted by molar-refractivity contribution is 0.0635. The fraction of sp³-hybridized carbons (Fsp3) is 0.611. The topological polar surface area (TPSA) is 87.7 Å². The molecule has 1 aromatic rings. The number of nitrogens with one attached hydrogen (secondary N) is 2. The molecule has 1 aromatic carbocycles. The molecule has 0 radical (unpaired) electrons. The average Bonchev–Trinajstić information content (AvgIpc) is 2.52. The maximum Gasteiger partial charge on any atom is 0.412 e. The summed E-state index contributed by atoms with van der Waals surface area (Å²) in [6.07, 6.45) is -0.713. The molecule has 2 rings (SSSR count). The van der Waals surface area contributed by atoms with Crippen LogP contribution in [-0.2, 0) is 21.5 Å². The minimum absolute atomic E-state index is 0.157. The van der Waals surface area contributed by atoms with Crippen molar-refractivity contribution >= 4 is 22.0 Å². The molecular weight excluding hydrogens is 373 g/mol. The van der Waals surface area contributed by atoms with E-state index < -0.39 is 26.8 Å². The predicted molar refractivity (Wildman–Crippen MR) is 102 cm³/mol. The first-order valence-electron chi connectivity index (χ1n) is 8.89. The predicted octanol–water partition coefficient (Wildman–Crippen LogP) is 2.71. The molecule has 0 bridgehead atoms. The molecule has 0 aliphatic carbocycles. The van der Waals surface area contributed by atoms with Crippen molar-refractivity contribution in [3.8, 4) is 0 Å². The lowest BCUT2D eigenvalue weighted by Gasteiger charge is -2.29. The first-order chi connectivity index (χ1) is 12.4. The van der Waals surface area contributed by atoms with Crippen LogP contribution in [0.2, 0.25) is 0 Å². The summed E-state index contributed by atoms with van der Waals surface area (Å²) in [7, 11) is -4.93. The monoisotopic (exact) mass is 401 g/mol. The lowest BCUT2D eigenvalue weighted by atomic mass is 10.0. The van der Waals surface area contributed by atoms with E-state index in [9.17, 15) is 17.1 Å². The van der Waals surface area contributed by atoms with Crippen LogP contribution in [0.1, 0.15) is 37.5 Å². The molecule has 27 heavy (non-hydrogen) atoms. The molecule has 1 saturated heterocycles. The summed E-state index contributed by atoms with van der Waals surface area (Å²) in [5.41, 5.74) is 1.08. The van der Waals surface area contributed by atoms with E-state index in [-0.39, 0.29) is 11.3 Å². The standard InChI is InChI=1S/C18H28FN3O4S/c1-12-14(11-22-8-6-20-7-9-22)10-15(27(19,24)25)13(2)16(12)21-17(23)26-18(3,4)5/h10,20H,6-9,11H2,1-5H3,(H,21,23). The highest BCUT2D eigenvalue weighted by atomic mass is 32.3. The van der Waals surface area contributed by atoms with Crippen molar-refractivity contribution in [2.75, 3.05) is 31.5 Å². The van der Waals surface area contributed by atoms with Gasteiger partial charge in [-0.15, -0.1) is 3.89 Å². The maximum atomic E-state index is 13.9. The van der Waals surface area contributed by atoms with Gasteiger partial charge in [0, 0.05) is 32.7 Å². The van der Waals surface area contributed by atoms with Gasteiger partial charge in [-0.1, -0.05) is 0 Å². The normalized spacial score (nSPS) is 16.2. The van der Waals surface area contributed by atoms with Crippen molar-refractivity contribution in [2.45, 2.75) is 51.7 Å². The summed E-state index contributed by atoms with van der Waals surface area (Å²) in [4.78, 5) is 13.9. The molecule has 0 unspecified atom stereocenters. The summed E-state index contributed by atoms with van der Waals surface area (Å²) in [5.74, 6) is 0. The smallest absolute Gasteiger partial charge is 0.412 e. The summed E-state index contributed by atoms with van der Waals surface area (Å²) in [6.45, 7) is 12.2. The molecule has 7 nitrogen and oxygen atoms in total. The zero-order chi connectivity index (χ0) is 20.4. The van der Waals surface area contributed by atoms with Crippen LogP contribution in [0.3, 0.4) is 0 Å². The quantitative estimate of drug-likeness (QED) is 0.755. The Hall–Kier alpha value is -1.71. The average molecular weight is 402 g/mol. The third kappa shape index (κ3) is 5.88. The number of hydrogen-bond acceptors (Lipinski definition) is 6. The first-order valence-corrected chi connectivity index (χ1v) is 10.3. The Bertz CT molecular complexity index is 813. The van der Waals surface area contributed by atoms with Crippen LogP contribution >= 0.6 is 0 Å². The van der Waals surface area contributed by atoms with Crippen molar-refractivity contribution in [1.29, 1.82) is 0 Å². The van der Waals surface area contributed by atoms with Gasteiger partial charge in [0.05, 0.1) is 5.69 Å². The van der Waals surface area contributed by atoms with Crippen LogP contribution in [0.4, 0.5) is 14.4 Å². The van der Waals surface area contributed by atoms with Crippen molar-refractivity contribution in [3.05, 3.63) is 22.8 Å². The van der Waals surface area contributed by atoms with E-state index in [4.69, 9.17) is 4.74 Å². The molecule has 1 heterocycles. The molecule has 2 N–H and O–H groups in total. The number of anilines is 1. The molecule has 9 heteroatoms. The Morgan fingerprint density at radius 3 is 2.37 bits per heavy atom. The highest BCUT2D eigenvalue weighted by Crippen LogP contribution is 2.32. The minimum Gasteiger partial charge on any atom is -0.444 e. The maximum absolute atomic E-state index is 13.9. The number of hydrogen-bond donors (Lipinski definition) is 2.